The van der Waals surface area contributed by atoms with Gasteiger partial charge in [-0.15, -0.1) is 0 Å². The third-order valence-corrected chi connectivity index (χ3v) is 6.71. The molecule has 7 nitrogen and oxygen atoms in total. The van der Waals surface area contributed by atoms with Gasteiger partial charge in [-0.2, -0.15) is 0 Å². The summed E-state index contributed by atoms with van der Waals surface area (Å²) in [6.07, 6.45) is 1.58. The second-order valence-electron chi connectivity index (χ2n) is 9.68. The number of rotatable bonds is 6. The Hall–Kier alpha value is -3.78. The smallest absolute Gasteiger partial charge is 0.414 e. The van der Waals surface area contributed by atoms with Crippen molar-refractivity contribution in [2.45, 2.75) is 49.6 Å². The van der Waals surface area contributed by atoms with Gasteiger partial charge in [0.05, 0.1) is 15.3 Å². The number of hydrogen-bond acceptors (Lipinski definition) is 5. The van der Waals surface area contributed by atoms with Gasteiger partial charge in [0.1, 0.15) is 5.60 Å². The van der Waals surface area contributed by atoms with Gasteiger partial charge in [-0.25, -0.2) is 4.79 Å². The molecule has 0 aliphatic carbocycles. The predicted octanol–water partition coefficient (Wildman–Crippen LogP) is 7.43. The second kappa shape index (κ2) is 10.1. The van der Waals surface area contributed by atoms with Crippen LogP contribution in [-0.2, 0) is 11.3 Å². The number of nitro groups is 1. The summed E-state index contributed by atoms with van der Waals surface area (Å²) >= 11 is 1.37. The lowest BCUT2D eigenvalue weighted by molar-refractivity contribution is -0.387. The van der Waals surface area contributed by atoms with Gasteiger partial charge >= 0.3 is 6.09 Å². The van der Waals surface area contributed by atoms with Crippen molar-refractivity contribution in [1.29, 1.82) is 0 Å². The highest BCUT2D eigenvalue weighted by Gasteiger charge is 2.22. The van der Waals surface area contributed by atoms with Gasteiger partial charge < -0.3 is 9.30 Å². The Morgan fingerprint density at radius 3 is 2.50 bits per heavy atom. The Bertz CT molecular complexity index is 1440. The number of benzene rings is 3. The highest BCUT2D eigenvalue weighted by atomic mass is 32.2. The molecular formula is C28H29N3O4S. The molecule has 0 fully saturated rings. The summed E-state index contributed by atoms with van der Waals surface area (Å²) in [6.45, 7) is 8.18. The molecule has 0 N–H and O–H groups in total. The van der Waals surface area contributed by atoms with Gasteiger partial charge in [-0.05, 0) is 57.5 Å². The van der Waals surface area contributed by atoms with E-state index >= 15 is 0 Å². The van der Waals surface area contributed by atoms with Crippen molar-refractivity contribution in [1.82, 2.24) is 4.57 Å². The summed E-state index contributed by atoms with van der Waals surface area (Å²) in [5, 5.41) is 12.5. The van der Waals surface area contributed by atoms with E-state index in [0.717, 1.165) is 21.4 Å². The zero-order valence-corrected chi connectivity index (χ0v) is 21.8. The van der Waals surface area contributed by atoms with Crippen LogP contribution in [0.3, 0.4) is 0 Å². The summed E-state index contributed by atoms with van der Waals surface area (Å²) in [4.78, 5) is 26.9. The fourth-order valence-corrected chi connectivity index (χ4v) is 5.02. The molecule has 0 bridgehead atoms. The van der Waals surface area contributed by atoms with Crippen LogP contribution in [0.4, 0.5) is 16.2 Å². The molecule has 1 amide bonds. The van der Waals surface area contributed by atoms with Crippen LogP contribution in [-0.4, -0.2) is 28.2 Å². The fourth-order valence-electron chi connectivity index (χ4n) is 3.92. The summed E-state index contributed by atoms with van der Waals surface area (Å²) in [5.41, 5.74) is 3.40. The van der Waals surface area contributed by atoms with Crippen LogP contribution in [0.2, 0.25) is 0 Å². The van der Waals surface area contributed by atoms with Crippen molar-refractivity contribution in [3.8, 4) is 0 Å². The van der Waals surface area contributed by atoms with Gasteiger partial charge in [0, 0.05) is 41.8 Å². The average Bonchev–Trinajstić information content (AvgIpc) is 3.14. The first-order valence-electron chi connectivity index (χ1n) is 11.6. The standard InChI is InChI=1S/C28H29N3O4S/c1-19-9-8-10-20(15-19)17-30-18-26(36-25-12-7-6-11-23(25)31(33)34)22-14-13-21(16-24(22)30)29(5)27(32)35-28(2,3)4/h6-16,18H,17H2,1-5H3. The third kappa shape index (κ3) is 5.71. The summed E-state index contributed by atoms with van der Waals surface area (Å²) < 4.78 is 7.66. The minimum absolute atomic E-state index is 0.0726. The van der Waals surface area contributed by atoms with E-state index in [1.165, 1.54) is 28.3 Å². The molecule has 0 unspecified atom stereocenters. The molecule has 0 atom stereocenters. The molecule has 3 aromatic carbocycles. The maximum atomic E-state index is 12.7. The van der Waals surface area contributed by atoms with Crippen molar-refractivity contribution < 1.29 is 14.5 Å². The highest BCUT2D eigenvalue weighted by Crippen LogP contribution is 2.40. The Morgan fingerprint density at radius 1 is 1.06 bits per heavy atom. The van der Waals surface area contributed by atoms with E-state index in [4.69, 9.17) is 4.74 Å². The zero-order valence-electron chi connectivity index (χ0n) is 21.0. The van der Waals surface area contributed by atoms with E-state index < -0.39 is 11.7 Å². The molecule has 1 heterocycles. The molecule has 4 rings (SSSR count). The predicted molar refractivity (Wildman–Crippen MR) is 144 cm³/mol. The van der Waals surface area contributed by atoms with E-state index in [-0.39, 0.29) is 10.6 Å². The number of carbonyl (C=O) groups is 1. The van der Waals surface area contributed by atoms with E-state index in [1.54, 1.807) is 25.2 Å². The molecule has 1 aromatic heterocycles. The van der Waals surface area contributed by atoms with E-state index in [9.17, 15) is 14.9 Å². The van der Waals surface area contributed by atoms with Crippen LogP contribution in [0.15, 0.2) is 82.7 Å². The first kappa shape index (κ1) is 25.3. The Kier molecular flexibility index (Phi) is 7.08. The van der Waals surface area contributed by atoms with E-state index in [0.29, 0.717) is 17.1 Å². The fraction of sp³-hybridized carbons (Fsp3) is 0.250. The Labute approximate surface area is 214 Å². The lowest BCUT2D eigenvalue weighted by atomic mass is 10.1. The number of aryl methyl sites for hydroxylation is 1. The van der Waals surface area contributed by atoms with E-state index in [1.807, 2.05) is 51.2 Å². The Morgan fingerprint density at radius 2 is 1.81 bits per heavy atom. The number of hydrogen-bond donors (Lipinski definition) is 0. The molecule has 0 spiro atoms. The maximum Gasteiger partial charge on any atom is 0.414 e. The van der Waals surface area contributed by atoms with Gasteiger partial charge in [-0.3, -0.25) is 15.0 Å². The molecular weight excluding hydrogens is 474 g/mol. The molecule has 186 valence electrons. The number of ether oxygens (including phenoxy) is 1. The summed E-state index contributed by atoms with van der Waals surface area (Å²) in [6, 6.07) is 20.8. The SMILES string of the molecule is Cc1cccc(Cn2cc(Sc3ccccc3[N+](=O)[O-])c3ccc(N(C)C(=O)OC(C)(C)C)cc32)c1. The number of nitrogens with zero attached hydrogens (tertiary/aromatic N) is 3. The van der Waals surface area contributed by atoms with Crippen LogP contribution >= 0.6 is 11.8 Å². The zero-order chi connectivity index (χ0) is 26.0. The molecule has 0 aliphatic heterocycles. The normalized spacial score (nSPS) is 11.5. The minimum atomic E-state index is -0.602. The van der Waals surface area contributed by atoms with Gasteiger partial charge in [0.25, 0.3) is 5.69 Å². The highest BCUT2D eigenvalue weighted by molar-refractivity contribution is 7.99. The molecule has 8 heteroatoms. The third-order valence-electron chi connectivity index (χ3n) is 5.60. The number of anilines is 1. The number of aromatic nitrogens is 1. The van der Waals surface area contributed by atoms with E-state index in [2.05, 4.69) is 29.7 Å². The minimum Gasteiger partial charge on any atom is -0.443 e. The van der Waals surface area contributed by atoms with Gasteiger partial charge in [0.2, 0.25) is 0 Å². The number of amides is 1. The van der Waals surface area contributed by atoms with Gasteiger partial charge in [-0.1, -0.05) is 53.7 Å². The van der Waals surface area contributed by atoms with Crippen LogP contribution in [0.1, 0.15) is 31.9 Å². The number of para-hydroxylation sites is 1. The average molecular weight is 504 g/mol. The van der Waals surface area contributed by atoms with Gasteiger partial charge in [0.15, 0.2) is 0 Å². The topological polar surface area (TPSA) is 77.6 Å². The molecule has 4 aromatic rings. The largest absolute Gasteiger partial charge is 0.443 e. The summed E-state index contributed by atoms with van der Waals surface area (Å²) in [5.74, 6) is 0. The van der Waals surface area contributed by atoms with Crippen molar-refractivity contribution >= 4 is 40.1 Å². The van der Waals surface area contributed by atoms with Crippen molar-refractivity contribution in [2.24, 2.45) is 0 Å². The second-order valence-corrected chi connectivity index (χ2v) is 10.8. The number of fused-ring (bicyclic) bond motifs is 1. The number of carbonyl (C=O) groups excluding carboxylic acids is 1. The molecule has 36 heavy (non-hydrogen) atoms. The van der Waals surface area contributed by atoms with Crippen LogP contribution < -0.4 is 4.90 Å². The first-order valence-corrected chi connectivity index (χ1v) is 12.4. The molecule has 0 radical (unpaired) electrons. The first-order chi connectivity index (χ1) is 17.0. The molecule has 0 saturated carbocycles. The van der Waals surface area contributed by atoms with Crippen LogP contribution in [0.5, 0.6) is 0 Å². The number of nitro benzene ring substituents is 1. The van der Waals surface area contributed by atoms with Crippen molar-refractivity contribution in [3.05, 3.63) is 94.2 Å². The lowest BCUT2D eigenvalue weighted by Gasteiger charge is -2.24. The lowest BCUT2D eigenvalue weighted by Crippen LogP contribution is -2.34. The van der Waals surface area contributed by atoms with Crippen LogP contribution in [0, 0.1) is 17.0 Å². The van der Waals surface area contributed by atoms with Crippen molar-refractivity contribution in [3.63, 3.8) is 0 Å². The van der Waals surface area contributed by atoms with Crippen LogP contribution in [0.25, 0.3) is 10.9 Å². The molecule has 0 saturated heterocycles. The maximum absolute atomic E-state index is 12.7. The Balaban J connectivity index is 1.78. The van der Waals surface area contributed by atoms with Crippen molar-refractivity contribution in [2.75, 3.05) is 11.9 Å². The molecule has 0 aliphatic rings. The quantitative estimate of drug-likeness (QED) is 0.202. The summed E-state index contributed by atoms with van der Waals surface area (Å²) in [7, 11) is 1.69. The monoisotopic (exact) mass is 503 g/mol.